The lowest BCUT2D eigenvalue weighted by molar-refractivity contribution is 0.0704. The molecule has 1 aromatic heterocycles. The van der Waals surface area contributed by atoms with Gasteiger partial charge in [-0.15, -0.1) is 0 Å². The van der Waals surface area contributed by atoms with E-state index in [4.69, 9.17) is 16.1 Å². The van der Waals surface area contributed by atoms with Crippen LogP contribution in [0.5, 0.6) is 0 Å². The van der Waals surface area contributed by atoms with Crippen molar-refractivity contribution in [1.29, 1.82) is 0 Å². The van der Waals surface area contributed by atoms with E-state index < -0.39 is 0 Å². The molecule has 0 N–H and O–H groups in total. The molecule has 1 aromatic carbocycles. The molecule has 0 bridgehead atoms. The van der Waals surface area contributed by atoms with Crippen molar-refractivity contribution in [3.63, 3.8) is 0 Å². The van der Waals surface area contributed by atoms with Gasteiger partial charge in [0.05, 0.1) is 0 Å². The van der Waals surface area contributed by atoms with Crippen molar-refractivity contribution in [2.75, 3.05) is 13.1 Å². The summed E-state index contributed by atoms with van der Waals surface area (Å²) < 4.78 is 5.44. The Morgan fingerprint density at radius 1 is 1.33 bits per heavy atom. The first-order chi connectivity index (χ1) is 11.6. The number of benzene rings is 1. The number of hydrogen-bond acceptors (Lipinski definition) is 4. The van der Waals surface area contributed by atoms with Crippen molar-refractivity contribution < 1.29 is 9.32 Å². The van der Waals surface area contributed by atoms with E-state index in [9.17, 15) is 4.79 Å². The molecule has 1 aliphatic heterocycles. The molecule has 24 heavy (non-hydrogen) atoms. The van der Waals surface area contributed by atoms with Crippen LogP contribution in [0.3, 0.4) is 0 Å². The molecule has 0 spiro atoms. The largest absolute Gasteiger partial charge is 0.339 e. The fraction of sp³-hybridized carbons (Fsp3) is 0.500. The van der Waals surface area contributed by atoms with Gasteiger partial charge in [0.15, 0.2) is 5.82 Å². The molecule has 2 aromatic rings. The van der Waals surface area contributed by atoms with Crippen molar-refractivity contribution in [3.05, 3.63) is 46.6 Å². The van der Waals surface area contributed by atoms with E-state index in [0.29, 0.717) is 35.5 Å². The van der Waals surface area contributed by atoms with E-state index in [1.165, 1.54) is 0 Å². The Bertz CT molecular complexity index is 691. The molecule has 1 atom stereocenters. The summed E-state index contributed by atoms with van der Waals surface area (Å²) in [5.74, 6) is 2.10. The van der Waals surface area contributed by atoms with E-state index in [2.05, 4.69) is 24.0 Å². The van der Waals surface area contributed by atoms with E-state index in [0.717, 1.165) is 25.1 Å². The van der Waals surface area contributed by atoms with E-state index >= 15 is 0 Å². The summed E-state index contributed by atoms with van der Waals surface area (Å²) in [4.78, 5) is 18.9. The fourth-order valence-corrected chi connectivity index (χ4v) is 3.03. The zero-order valence-corrected chi connectivity index (χ0v) is 14.8. The van der Waals surface area contributed by atoms with Crippen LogP contribution in [0.25, 0.3) is 0 Å². The van der Waals surface area contributed by atoms with Crippen LogP contribution >= 0.6 is 11.6 Å². The lowest BCUT2D eigenvalue weighted by atomic mass is 9.96. The number of amides is 1. The number of halogens is 1. The van der Waals surface area contributed by atoms with Gasteiger partial charge in [0, 0.05) is 35.5 Å². The average Bonchev–Trinajstić information content (AvgIpc) is 3.11. The lowest BCUT2D eigenvalue weighted by Gasteiger charge is -2.30. The first kappa shape index (κ1) is 17.0. The maximum atomic E-state index is 12.5. The molecule has 0 saturated carbocycles. The average molecular weight is 348 g/mol. The second kappa shape index (κ2) is 7.34. The maximum Gasteiger partial charge on any atom is 0.253 e. The van der Waals surface area contributed by atoms with Crippen molar-refractivity contribution in [2.24, 2.45) is 0 Å². The molecule has 1 amide bonds. The summed E-state index contributed by atoms with van der Waals surface area (Å²) in [5.41, 5.74) is 0.676. The zero-order valence-electron chi connectivity index (χ0n) is 14.0. The minimum atomic E-state index is 0.0518. The lowest BCUT2D eigenvalue weighted by Crippen LogP contribution is -2.38. The molecule has 0 unspecified atom stereocenters. The van der Waals surface area contributed by atoms with Gasteiger partial charge in [0.1, 0.15) is 0 Å². The number of hydrogen-bond donors (Lipinski definition) is 0. The summed E-state index contributed by atoms with van der Waals surface area (Å²) in [6, 6.07) is 7.03. The highest BCUT2D eigenvalue weighted by Crippen LogP contribution is 2.29. The van der Waals surface area contributed by atoms with E-state index in [1.54, 1.807) is 24.3 Å². The highest BCUT2D eigenvalue weighted by atomic mass is 35.5. The Labute approximate surface area is 147 Å². The summed E-state index contributed by atoms with van der Waals surface area (Å²) in [6.45, 7) is 5.62. The summed E-state index contributed by atoms with van der Waals surface area (Å²) >= 11 is 5.88. The van der Waals surface area contributed by atoms with Gasteiger partial charge in [0.25, 0.3) is 5.91 Å². The quantitative estimate of drug-likeness (QED) is 0.829. The van der Waals surface area contributed by atoms with Crippen LogP contribution in [0.1, 0.15) is 67.0 Å². The predicted octanol–water partition coefficient (Wildman–Crippen LogP) is 4.26. The molecule has 5 nitrogen and oxygen atoms in total. The second-order valence-electron chi connectivity index (χ2n) is 6.37. The van der Waals surface area contributed by atoms with E-state index in [-0.39, 0.29) is 11.8 Å². The number of aromatic nitrogens is 2. The Kier molecular flexibility index (Phi) is 5.19. The number of nitrogens with zero attached hydrogens (tertiary/aromatic N) is 3. The maximum absolute atomic E-state index is 12.5. The highest BCUT2D eigenvalue weighted by molar-refractivity contribution is 6.30. The Hall–Kier alpha value is -1.88. The molecule has 1 aliphatic rings. The van der Waals surface area contributed by atoms with E-state index in [1.807, 2.05) is 4.90 Å². The van der Waals surface area contributed by atoms with Gasteiger partial charge in [-0.25, -0.2) is 0 Å². The van der Waals surface area contributed by atoms with Crippen molar-refractivity contribution in [1.82, 2.24) is 15.0 Å². The van der Waals surface area contributed by atoms with Gasteiger partial charge >= 0.3 is 0 Å². The van der Waals surface area contributed by atoms with Gasteiger partial charge in [-0.2, -0.15) is 4.98 Å². The molecule has 6 heteroatoms. The third-order valence-electron chi connectivity index (χ3n) is 4.73. The zero-order chi connectivity index (χ0) is 17.1. The first-order valence-corrected chi connectivity index (χ1v) is 8.84. The topological polar surface area (TPSA) is 59.2 Å². The van der Waals surface area contributed by atoms with Crippen molar-refractivity contribution in [3.8, 4) is 0 Å². The Morgan fingerprint density at radius 3 is 2.62 bits per heavy atom. The number of carbonyl (C=O) groups is 1. The van der Waals surface area contributed by atoms with Gasteiger partial charge in [0.2, 0.25) is 5.89 Å². The standard InChI is InChI=1S/C18H22ClN3O2/c1-3-12(2)16-20-17(24-21-16)13-8-10-22(11-9-13)18(23)14-4-6-15(19)7-5-14/h4-7,12-13H,3,8-11H2,1-2H3/t12-/m0/s1. The first-order valence-electron chi connectivity index (χ1n) is 8.46. The smallest absolute Gasteiger partial charge is 0.253 e. The van der Waals surface area contributed by atoms with Crippen LogP contribution in [-0.4, -0.2) is 34.0 Å². The summed E-state index contributed by atoms with van der Waals surface area (Å²) in [7, 11) is 0. The number of rotatable bonds is 4. The van der Waals surface area contributed by atoms with Crippen molar-refractivity contribution in [2.45, 2.75) is 44.9 Å². The van der Waals surface area contributed by atoms with Crippen LogP contribution in [0.15, 0.2) is 28.8 Å². The third-order valence-corrected chi connectivity index (χ3v) is 4.99. The molecule has 1 saturated heterocycles. The van der Waals surface area contributed by atoms with Gasteiger partial charge < -0.3 is 9.42 Å². The SMILES string of the molecule is CC[C@H](C)c1noc(C2CCN(C(=O)c3ccc(Cl)cc3)CC2)n1. The number of carbonyl (C=O) groups excluding carboxylic acids is 1. The van der Waals surface area contributed by atoms with Gasteiger partial charge in [-0.1, -0.05) is 30.6 Å². The number of likely N-dealkylation sites (tertiary alicyclic amines) is 1. The predicted molar refractivity (Wildman–Crippen MR) is 92.3 cm³/mol. The summed E-state index contributed by atoms with van der Waals surface area (Å²) in [5, 5.41) is 4.73. The van der Waals surface area contributed by atoms with Crippen LogP contribution in [-0.2, 0) is 0 Å². The number of piperidine rings is 1. The molecular weight excluding hydrogens is 326 g/mol. The van der Waals surface area contributed by atoms with Gasteiger partial charge in [-0.05, 0) is 43.5 Å². The highest BCUT2D eigenvalue weighted by Gasteiger charge is 2.28. The summed E-state index contributed by atoms with van der Waals surface area (Å²) in [6.07, 6.45) is 2.69. The minimum Gasteiger partial charge on any atom is -0.339 e. The fourth-order valence-electron chi connectivity index (χ4n) is 2.90. The molecule has 2 heterocycles. The molecule has 0 aliphatic carbocycles. The monoisotopic (exact) mass is 347 g/mol. The van der Waals surface area contributed by atoms with Crippen LogP contribution in [0.2, 0.25) is 5.02 Å². The van der Waals surface area contributed by atoms with Crippen molar-refractivity contribution >= 4 is 17.5 Å². The molecule has 0 radical (unpaired) electrons. The van der Waals surface area contributed by atoms with Crippen LogP contribution in [0, 0.1) is 0 Å². The minimum absolute atomic E-state index is 0.0518. The Balaban J connectivity index is 1.60. The Morgan fingerprint density at radius 2 is 2.00 bits per heavy atom. The van der Waals surface area contributed by atoms with Crippen LogP contribution < -0.4 is 0 Å². The van der Waals surface area contributed by atoms with Crippen LogP contribution in [0.4, 0.5) is 0 Å². The molecule has 1 fully saturated rings. The molecule has 128 valence electrons. The third kappa shape index (κ3) is 3.61. The molecule has 3 rings (SSSR count). The second-order valence-corrected chi connectivity index (χ2v) is 6.81. The van der Waals surface area contributed by atoms with Gasteiger partial charge in [-0.3, -0.25) is 4.79 Å². The molecular formula is C18H22ClN3O2. The normalized spacial score (nSPS) is 17.0.